The first kappa shape index (κ1) is 17.7. The van der Waals surface area contributed by atoms with E-state index in [9.17, 15) is 9.59 Å². The Kier molecular flexibility index (Phi) is 5.31. The number of carbonyl (C=O) groups excluding carboxylic acids is 2. The molecule has 3 aromatic rings. The number of aromatic nitrogens is 2. The minimum Gasteiger partial charge on any atom is -0.465 e. The number of para-hydroxylation sites is 2. The minimum atomic E-state index is -0.441. The van der Waals surface area contributed by atoms with E-state index in [0.717, 1.165) is 17.6 Å². The monoisotopic (exact) mass is 351 g/mol. The van der Waals surface area contributed by atoms with Crippen molar-refractivity contribution in [3.05, 3.63) is 60.4 Å². The third kappa shape index (κ3) is 3.44. The summed E-state index contributed by atoms with van der Waals surface area (Å²) in [6.45, 7) is 2.83. The molecular weight excluding hydrogens is 330 g/mol. The van der Waals surface area contributed by atoms with E-state index >= 15 is 0 Å². The number of methoxy groups -OCH3 is 1. The molecule has 2 aromatic carbocycles. The van der Waals surface area contributed by atoms with Crippen molar-refractivity contribution in [1.82, 2.24) is 9.55 Å². The van der Waals surface area contributed by atoms with Gasteiger partial charge in [0.15, 0.2) is 0 Å². The Morgan fingerprint density at radius 2 is 1.88 bits per heavy atom. The highest BCUT2D eigenvalue weighted by Gasteiger charge is 2.18. The molecule has 0 N–H and O–H groups in total. The van der Waals surface area contributed by atoms with Crippen LogP contribution in [0.4, 0.5) is 5.69 Å². The number of fused-ring (bicyclic) bond motifs is 1. The second kappa shape index (κ2) is 7.82. The van der Waals surface area contributed by atoms with Crippen LogP contribution in [0, 0.1) is 0 Å². The summed E-state index contributed by atoms with van der Waals surface area (Å²) >= 11 is 0. The number of ether oxygens (including phenoxy) is 1. The Morgan fingerprint density at radius 1 is 1.12 bits per heavy atom. The maximum Gasteiger partial charge on any atom is 0.340 e. The zero-order valence-electron chi connectivity index (χ0n) is 14.9. The second-order valence-corrected chi connectivity index (χ2v) is 5.92. The van der Waals surface area contributed by atoms with E-state index in [2.05, 4.69) is 4.98 Å². The summed E-state index contributed by atoms with van der Waals surface area (Å²) in [5, 5.41) is 0. The molecule has 0 aliphatic carbocycles. The number of benzene rings is 2. The van der Waals surface area contributed by atoms with Gasteiger partial charge >= 0.3 is 5.97 Å². The highest BCUT2D eigenvalue weighted by Crippen LogP contribution is 2.20. The van der Waals surface area contributed by atoms with Gasteiger partial charge in [-0.25, -0.2) is 9.78 Å². The molecule has 0 aliphatic heterocycles. The Hall–Kier alpha value is -3.15. The van der Waals surface area contributed by atoms with E-state index in [1.54, 1.807) is 27.9 Å². The topological polar surface area (TPSA) is 64.4 Å². The summed E-state index contributed by atoms with van der Waals surface area (Å²) in [6, 6.07) is 14.9. The number of rotatable bonds is 6. The molecule has 6 heteroatoms. The zero-order valence-corrected chi connectivity index (χ0v) is 14.9. The zero-order chi connectivity index (χ0) is 18.5. The first-order valence-electron chi connectivity index (χ1n) is 8.53. The number of imidazole rings is 1. The average Bonchev–Trinajstić information content (AvgIpc) is 3.09. The Morgan fingerprint density at radius 3 is 2.58 bits per heavy atom. The molecule has 0 fully saturated rings. The quantitative estimate of drug-likeness (QED) is 0.640. The van der Waals surface area contributed by atoms with Crippen molar-refractivity contribution in [1.29, 1.82) is 0 Å². The standard InChI is InChI=1S/C20H21N3O3/c1-3-12-23(15-8-5-4-6-9-15)18(24)13-22-14-21-19-16(20(25)26-2)10-7-11-17(19)22/h4-11,14H,3,12-13H2,1-2H3. The van der Waals surface area contributed by atoms with Gasteiger partial charge in [0, 0.05) is 12.2 Å². The van der Waals surface area contributed by atoms with Crippen LogP contribution in [0.3, 0.4) is 0 Å². The van der Waals surface area contributed by atoms with Crippen LogP contribution in [0.15, 0.2) is 54.9 Å². The number of anilines is 1. The number of amides is 1. The van der Waals surface area contributed by atoms with Crippen molar-refractivity contribution < 1.29 is 14.3 Å². The molecule has 0 saturated heterocycles. The van der Waals surface area contributed by atoms with Crippen LogP contribution in [-0.4, -0.2) is 35.1 Å². The van der Waals surface area contributed by atoms with Gasteiger partial charge in [-0.1, -0.05) is 31.2 Å². The number of hydrogen-bond donors (Lipinski definition) is 0. The predicted octanol–water partition coefficient (Wildman–Crippen LogP) is 3.27. The fraction of sp³-hybridized carbons (Fsp3) is 0.250. The van der Waals surface area contributed by atoms with E-state index in [4.69, 9.17) is 4.74 Å². The molecule has 26 heavy (non-hydrogen) atoms. The lowest BCUT2D eigenvalue weighted by molar-refractivity contribution is -0.119. The molecule has 0 atom stereocenters. The van der Waals surface area contributed by atoms with Crippen LogP contribution in [0.1, 0.15) is 23.7 Å². The lowest BCUT2D eigenvalue weighted by Gasteiger charge is -2.22. The van der Waals surface area contributed by atoms with Gasteiger partial charge < -0.3 is 14.2 Å². The summed E-state index contributed by atoms with van der Waals surface area (Å²) in [5.74, 6) is -0.468. The van der Waals surface area contributed by atoms with Crippen LogP contribution in [0.25, 0.3) is 11.0 Å². The fourth-order valence-corrected chi connectivity index (χ4v) is 2.95. The normalized spacial score (nSPS) is 10.7. The fourth-order valence-electron chi connectivity index (χ4n) is 2.95. The molecule has 6 nitrogen and oxygen atoms in total. The molecule has 1 aromatic heterocycles. The smallest absolute Gasteiger partial charge is 0.340 e. The van der Waals surface area contributed by atoms with Crippen molar-refractivity contribution >= 4 is 28.6 Å². The third-order valence-corrected chi connectivity index (χ3v) is 4.18. The van der Waals surface area contributed by atoms with Crippen LogP contribution in [-0.2, 0) is 16.1 Å². The number of carbonyl (C=O) groups is 2. The molecule has 3 rings (SSSR count). The minimum absolute atomic E-state index is 0.0270. The highest BCUT2D eigenvalue weighted by molar-refractivity contribution is 6.02. The van der Waals surface area contributed by atoms with E-state index in [1.165, 1.54) is 7.11 Å². The van der Waals surface area contributed by atoms with Crippen molar-refractivity contribution in [3.8, 4) is 0 Å². The predicted molar refractivity (Wildman–Crippen MR) is 100 cm³/mol. The van der Waals surface area contributed by atoms with E-state index in [-0.39, 0.29) is 12.5 Å². The van der Waals surface area contributed by atoms with Crippen LogP contribution in [0.5, 0.6) is 0 Å². The Balaban J connectivity index is 1.90. The third-order valence-electron chi connectivity index (χ3n) is 4.18. The lowest BCUT2D eigenvalue weighted by atomic mass is 10.2. The molecule has 0 spiro atoms. The maximum absolute atomic E-state index is 12.9. The van der Waals surface area contributed by atoms with Gasteiger partial charge in [-0.15, -0.1) is 0 Å². The van der Waals surface area contributed by atoms with Gasteiger partial charge in [-0.3, -0.25) is 4.79 Å². The van der Waals surface area contributed by atoms with E-state index in [1.807, 2.05) is 43.3 Å². The van der Waals surface area contributed by atoms with Crippen LogP contribution >= 0.6 is 0 Å². The molecule has 0 aliphatic rings. The average molecular weight is 351 g/mol. The molecule has 0 radical (unpaired) electrons. The summed E-state index contributed by atoms with van der Waals surface area (Å²) in [5.41, 5.74) is 2.53. The summed E-state index contributed by atoms with van der Waals surface area (Å²) < 4.78 is 6.56. The van der Waals surface area contributed by atoms with Crippen molar-refractivity contribution in [2.75, 3.05) is 18.6 Å². The number of nitrogens with zero attached hydrogens (tertiary/aromatic N) is 3. The van der Waals surface area contributed by atoms with Gasteiger partial charge in [0.05, 0.1) is 24.5 Å². The molecule has 0 unspecified atom stereocenters. The Bertz CT molecular complexity index is 918. The van der Waals surface area contributed by atoms with E-state index < -0.39 is 5.97 Å². The Labute approximate surface area is 152 Å². The first-order chi connectivity index (χ1) is 12.7. The van der Waals surface area contributed by atoms with Crippen molar-refractivity contribution in [2.24, 2.45) is 0 Å². The van der Waals surface area contributed by atoms with Gasteiger partial charge in [0.2, 0.25) is 5.91 Å². The second-order valence-electron chi connectivity index (χ2n) is 5.92. The molecule has 0 bridgehead atoms. The summed E-state index contributed by atoms with van der Waals surface area (Å²) in [6.07, 6.45) is 2.45. The largest absolute Gasteiger partial charge is 0.465 e. The molecular formula is C20H21N3O3. The van der Waals surface area contributed by atoms with Crippen LogP contribution in [0.2, 0.25) is 0 Å². The molecule has 134 valence electrons. The lowest BCUT2D eigenvalue weighted by Crippen LogP contribution is -2.34. The van der Waals surface area contributed by atoms with E-state index in [0.29, 0.717) is 17.6 Å². The summed E-state index contributed by atoms with van der Waals surface area (Å²) in [7, 11) is 1.34. The first-order valence-corrected chi connectivity index (χ1v) is 8.53. The number of hydrogen-bond acceptors (Lipinski definition) is 4. The molecule has 1 amide bonds. The van der Waals surface area contributed by atoms with Gasteiger partial charge in [0.25, 0.3) is 0 Å². The number of esters is 1. The van der Waals surface area contributed by atoms with Gasteiger partial charge in [-0.2, -0.15) is 0 Å². The SMILES string of the molecule is CCCN(C(=O)Cn1cnc2c(C(=O)OC)cccc21)c1ccccc1. The molecule has 0 saturated carbocycles. The van der Waals surface area contributed by atoms with Crippen LogP contribution < -0.4 is 4.90 Å². The highest BCUT2D eigenvalue weighted by atomic mass is 16.5. The summed E-state index contributed by atoms with van der Waals surface area (Å²) in [4.78, 5) is 30.9. The maximum atomic E-state index is 12.9. The van der Waals surface area contributed by atoms with Gasteiger partial charge in [0.1, 0.15) is 12.1 Å². The van der Waals surface area contributed by atoms with Crippen molar-refractivity contribution in [2.45, 2.75) is 19.9 Å². The van der Waals surface area contributed by atoms with Crippen molar-refractivity contribution in [3.63, 3.8) is 0 Å². The molecule has 1 heterocycles. The van der Waals surface area contributed by atoms with Gasteiger partial charge in [-0.05, 0) is 30.7 Å².